The second-order valence-electron chi connectivity index (χ2n) is 3.62. The van der Waals surface area contributed by atoms with Gasteiger partial charge in [-0.05, 0) is 25.1 Å². The fraction of sp³-hybridized carbons (Fsp3) is 0.0769. The molecule has 2 rings (SSSR count). The van der Waals surface area contributed by atoms with E-state index < -0.39 is 5.97 Å². The van der Waals surface area contributed by atoms with E-state index in [2.05, 4.69) is 5.10 Å². The van der Waals surface area contributed by atoms with Crippen molar-refractivity contribution >= 4 is 12.0 Å². The van der Waals surface area contributed by atoms with Gasteiger partial charge in [-0.15, -0.1) is 0 Å². The summed E-state index contributed by atoms with van der Waals surface area (Å²) in [5.74, 6) is -0.961. The number of nitrogens with zero attached hydrogens (tertiary/aromatic N) is 2. The van der Waals surface area contributed by atoms with Gasteiger partial charge in [-0.25, -0.2) is 9.48 Å². The number of carbonyl (C=O) groups is 1. The minimum Gasteiger partial charge on any atom is -0.478 e. The number of aromatic nitrogens is 2. The third-order valence-corrected chi connectivity index (χ3v) is 2.36. The second-order valence-corrected chi connectivity index (χ2v) is 3.62. The molecule has 0 aliphatic rings. The van der Waals surface area contributed by atoms with Crippen molar-refractivity contribution < 1.29 is 9.90 Å². The summed E-state index contributed by atoms with van der Waals surface area (Å²) in [5, 5.41) is 12.9. The molecule has 1 aromatic carbocycles. The van der Waals surface area contributed by atoms with Crippen LogP contribution in [-0.4, -0.2) is 20.9 Å². The van der Waals surface area contributed by atoms with Crippen LogP contribution in [0.1, 0.15) is 11.3 Å². The smallest absolute Gasteiger partial charge is 0.328 e. The molecule has 0 unspecified atom stereocenters. The molecule has 0 bridgehead atoms. The molecule has 0 saturated carbocycles. The highest BCUT2D eigenvalue weighted by Gasteiger charge is 2.03. The Morgan fingerprint density at radius 1 is 1.35 bits per heavy atom. The van der Waals surface area contributed by atoms with E-state index in [0.29, 0.717) is 0 Å². The van der Waals surface area contributed by atoms with Gasteiger partial charge in [-0.3, -0.25) is 0 Å². The molecule has 4 heteroatoms. The number of para-hydroxylation sites is 1. The number of carboxylic acids is 1. The third kappa shape index (κ3) is 2.60. The van der Waals surface area contributed by atoms with Crippen molar-refractivity contribution in [1.82, 2.24) is 9.78 Å². The van der Waals surface area contributed by atoms with Crippen LogP contribution in [-0.2, 0) is 4.79 Å². The van der Waals surface area contributed by atoms with Crippen molar-refractivity contribution in [2.24, 2.45) is 0 Å². The van der Waals surface area contributed by atoms with Crippen LogP contribution in [0.5, 0.6) is 0 Å². The fourth-order valence-corrected chi connectivity index (χ4v) is 1.51. The van der Waals surface area contributed by atoms with Crippen molar-refractivity contribution in [2.45, 2.75) is 6.92 Å². The first-order chi connectivity index (χ1) is 8.16. The first-order valence-corrected chi connectivity index (χ1v) is 5.19. The second kappa shape index (κ2) is 4.65. The Hall–Kier alpha value is -2.36. The van der Waals surface area contributed by atoms with Crippen molar-refractivity contribution in [3.8, 4) is 5.69 Å². The van der Waals surface area contributed by atoms with E-state index in [0.717, 1.165) is 23.0 Å². The molecule has 1 aromatic heterocycles. The number of rotatable bonds is 3. The first-order valence-electron chi connectivity index (χ1n) is 5.19. The van der Waals surface area contributed by atoms with Crippen molar-refractivity contribution in [2.75, 3.05) is 0 Å². The van der Waals surface area contributed by atoms with Gasteiger partial charge in [0.1, 0.15) is 0 Å². The van der Waals surface area contributed by atoms with Gasteiger partial charge < -0.3 is 5.11 Å². The molecular weight excluding hydrogens is 216 g/mol. The van der Waals surface area contributed by atoms with Gasteiger partial charge in [0.2, 0.25) is 0 Å². The van der Waals surface area contributed by atoms with E-state index >= 15 is 0 Å². The zero-order chi connectivity index (χ0) is 12.3. The number of aliphatic carboxylic acids is 1. The Labute approximate surface area is 98.8 Å². The summed E-state index contributed by atoms with van der Waals surface area (Å²) in [4.78, 5) is 10.4. The first kappa shape index (κ1) is 11.1. The van der Waals surface area contributed by atoms with Crippen molar-refractivity contribution in [1.29, 1.82) is 0 Å². The molecule has 0 radical (unpaired) electrons. The maximum atomic E-state index is 10.4. The Morgan fingerprint density at radius 3 is 2.71 bits per heavy atom. The predicted molar refractivity (Wildman–Crippen MR) is 65.0 cm³/mol. The van der Waals surface area contributed by atoms with Crippen LogP contribution < -0.4 is 0 Å². The fourth-order valence-electron chi connectivity index (χ4n) is 1.51. The van der Waals surface area contributed by atoms with Gasteiger partial charge in [-0.2, -0.15) is 5.10 Å². The highest BCUT2D eigenvalue weighted by atomic mass is 16.4. The van der Waals surface area contributed by atoms with Gasteiger partial charge in [0, 0.05) is 17.8 Å². The van der Waals surface area contributed by atoms with E-state index in [-0.39, 0.29) is 0 Å². The van der Waals surface area contributed by atoms with E-state index in [1.54, 1.807) is 10.8 Å². The summed E-state index contributed by atoms with van der Waals surface area (Å²) in [7, 11) is 0. The Morgan fingerprint density at radius 2 is 2.06 bits per heavy atom. The quantitative estimate of drug-likeness (QED) is 0.820. The monoisotopic (exact) mass is 228 g/mol. The summed E-state index contributed by atoms with van der Waals surface area (Å²) in [6.07, 6.45) is 4.47. The normalized spacial score (nSPS) is 10.9. The van der Waals surface area contributed by atoms with Crippen LogP contribution in [0, 0.1) is 6.92 Å². The molecule has 2 aromatic rings. The highest BCUT2D eigenvalue weighted by Crippen LogP contribution is 2.12. The summed E-state index contributed by atoms with van der Waals surface area (Å²) >= 11 is 0. The minimum absolute atomic E-state index is 0.798. The molecule has 4 nitrogen and oxygen atoms in total. The predicted octanol–water partition coefficient (Wildman–Crippen LogP) is 2.28. The van der Waals surface area contributed by atoms with Crippen LogP contribution in [0.2, 0.25) is 0 Å². The van der Waals surface area contributed by atoms with Crippen LogP contribution in [0.15, 0.2) is 42.6 Å². The van der Waals surface area contributed by atoms with Crippen LogP contribution in [0.4, 0.5) is 0 Å². The van der Waals surface area contributed by atoms with Gasteiger partial charge in [-0.1, -0.05) is 18.2 Å². The van der Waals surface area contributed by atoms with Gasteiger partial charge in [0.25, 0.3) is 0 Å². The average Bonchev–Trinajstić information content (AvgIpc) is 2.69. The number of carboxylic acid groups (broad SMARTS) is 1. The molecule has 1 N–H and O–H groups in total. The molecule has 0 saturated heterocycles. The minimum atomic E-state index is -0.961. The molecule has 0 fully saturated rings. The van der Waals surface area contributed by atoms with E-state index in [1.165, 1.54) is 0 Å². The Kier molecular flexibility index (Phi) is 3.05. The summed E-state index contributed by atoms with van der Waals surface area (Å²) in [6, 6.07) is 9.68. The molecule has 86 valence electrons. The lowest BCUT2D eigenvalue weighted by molar-refractivity contribution is -0.131. The average molecular weight is 228 g/mol. The Balaban J connectivity index is 2.34. The van der Waals surface area contributed by atoms with Gasteiger partial charge in [0.15, 0.2) is 0 Å². The molecule has 0 aliphatic carbocycles. The number of benzene rings is 1. The SMILES string of the molecule is Cc1nn(-c2ccccc2)cc1C=CC(=O)O. The van der Waals surface area contributed by atoms with Crippen LogP contribution in [0.25, 0.3) is 11.8 Å². The zero-order valence-electron chi connectivity index (χ0n) is 9.37. The molecule has 1 heterocycles. The van der Waals surface area contributed by atoms with Crippen molar-refractivity contribution in [3.63, 3.8) is 0 Å². The summed E-state index contributed by atoms with van der Waals surface area (Å²) < 4.78 is 1.73. The summed E-state index contributed by atoms with van der Waals surface area (Å²) in [6.45, 7) is 1.85. The van der Waals surface area contributed by atoms with Gasteiger partial charge in [0.05, 0.1) is 11.4 Å². The third-order valence-electron chi connectivity index (χ3n) is 2.36. The highest BCUT2D eigenvalue weighted by molar-refractivity contribution is 5.85. The molecule has 0 aliphatic heterocycles. The van der Waals surface area contributed by atoms with Crippen molar-refractivity contribution in [3.05, 3.63) is 53.9 Å². The molecular formula is C13H12N2O2. The zero-order valence-corrected chi connectivity index (χ0v) is 9.37. The van der Waals surface area contributed by atoms with E-state index in [9.17, 15) is 4.79 Å². The van der Waals surface area contributed by atoms with E-state index in [1.807, 2.05) is 43.5 Å². The standard InChI is InChI=1S/C13H12N2O2/c1-10-11(7-8-13(16)17)9-15(14-10)12-5-3-2-4-6-12/h2-9H,1H3,(H,16,17). The van der Waals surface area contributed by atoms with Crippen LogP contribution >= 0.6 is 0 Å². The molecule has 17 heavy (non-hydrogen) atoms. The lowest BCUT2D eigenvalue weighted by Gasteiger charge is -1.98. The molecule has 0 spiro atoms. The lowest BCUT2D eigenvalue weighted by Crippen LogP contribution is -1.93. The molecule has 0 amide bonds. The largest absolute Gasteiger partial charge is 0.478 e. The van der Waals surface area contributed by atoms with Crippen LogP contribution in [0.3, 0.4) is 0 Å². The number of aryl methyl sites for hydroxylation is 1. The summed E-state index contributed by atoms with van der Waals surface area (Å²) in [5.41, 5.74) is 2.55. The topological polar surface area (TPSA) is 55.1 Å². The number of hydrogen-bond acceptors (Lipinski definition) is 2. The molecule has 0 atom stereocenters. The Bertz CT molecular complexity index is 556. The van der Waals surface area contributed by atoms with Gasteiger partial charge >= 0.3 is 5.97 Å². The maximum absolute atomic E-state index is 10.4. The maximum Gasteiger partial charge on any atom is 0.328 e. The lowest BCUT2D eigenvalue weighted by atomic mass is 10.2. The van der Waals surface area contributed by atoms with E-state index in [4.69, 9.17) is 5.11 Å². The number of hydrogen-bond donors (Lipinski definition) is 1.